The van der Waals surface area contributed by atoms with E-state index in [9.17, 15) is 18.0 Å². The van der Waals surface area contributed by atoms with E-state index in [1.54, 1.807) is 23.1 Å². The number of carbonyl (C=O) groups excluding carboxylic acids is 2. The van der Waals surface area contributed by atoms with Crippen LogP contribution in [0.2, 0.25) is 0 Å². The quantitative estimate of drug-likeness (QED) is 0.669. The minimum absolute atomic E-state index is 0.105. The Bertz CT molecular complexity index is 1110. The highest BCUT2D eigenvalue weighted by Crippen LogP contribution is 2.33. The van der Waals surface area contributed by atoms with Gasteiger partial charge in [0.1, 0.15) is 5.75 Å². The highest BCUT2D eigenvalue weighted by molar-refractivity contribution is 7.89. The number of ether oxygens (including phenoxy) is 1. The smallest absolute Gasteiger partial charge is 0.243 e. The third-order valence-electron chi connectivity index (χ3n) is 6.03. The van der Waals surface area contributed by atoms with Gasteiger partial charge >= 0.3 is 0 Å². The molecule has 2 aliphatic heterocycles. The summed E-state index contributed by atoms with van der Waals surface area (Å²) in [4.78, 5) is 27.3. The van der Waals surface area contributed by atoms with Crippen molar-refractivity contribution in [2.45, 2.75) is 37.5 Å². The van der Waals surface area contributed by atoms with Gasteiger partial charge in [-0.25, -0.2) is 8.42 Å². The first-order chi connectivity index (χ1) is 15.9. The summed E-state index contributed by atoms with van der Waals surface area (Å²) in [5.41, 5.74) is 1.16. The number of hydrogen-bond donors (Lipinski definition) is 1. The second-order valence-electron chi connectivity index (χ2n) is 8.28. The fourth-order valence-electron chi connectivity index (χ4n) is 4.28. The van der Waals surface area contributed by atoms with Crippen LogP contribution in [0.25, 0.3) is 0 Å². The highest BCUT2D eigenvalue weighted by Gasteiger charge is 2.36. The van der Waals surface area contributed by atoms with Crippen molar-refractivity contribution < 1.29 is 22.7 Å². The van der Waals surface area contributed by atoms with Crippen LogP contribution in [0, 0.1) is 5.92 Å². The van der Waals surface area contributed by atoms with Crippen LogP contribution >= 0.6 is 0 Å². The number of hydrogen-bond acceptors (Lipinski definition) is 5. The molecule has 0 unspecified atom stereocenters. The van der Waals surface area contributed by atoms with Gasteiger partial charge in [0.2, 0.25) is 21.8 Å². The third-order valence-corrected chi connectivity index (χ3v) is 7.94. The lowest BCUT2D eigenvalue weighted by atomic mass is 10.1. The zero-order valence-electron chi connectivity index (χ0n) is 18.7. The molecule has 2 fully saturated rings. The van der Waals surface area contributed by atoms with Gasteiger partial charge in [0.25, 0.3) is 0 Å². The Morgan fingerprint density at radius 1 is 1.06 bits per heavy atom. The molecule has 2 heterocycles. The predicted octanol–water partition coefficient (Wildman–Crippen LogP) is 3.25. The van der Waals surface area contributed by atoms with Crippen molar-refractivity contribution in [1.29, 1.82) is 0 Å². The molecule has 2 aliphatic rings. The van der Waals surface area contributed by atoms with Crippen molar-refractivity contribution in [2.75, 3.05) is 36.5 Å². The van der Waals surface area contributed by atoms with Crippen LogP contribution in [0.4, 0.5) is 11.4 Å². The largest absolute Gasteiger partial charge is 0.492 e. The van der Waals surface area contributed by atoms with E-state index in [0.717, 1.165) is 19.3 Å². The molecule has 0 aromatic heterocycles. The maximum Gasteiger partial charge on any atom is 0.243 e. The number of nitrogens with zero attached hydrogens (tertiary/aromatic N) is 2. The maximum absolute atomic E-state index is 12.8. The Labute approximate surface area is 194 Å². The summed E-state index contributed by atoms with van der Waals surface area (Å²) in [6.45, 7) is 3.70. The first-order valence-electron chi connectivity index (χ1n) is 11.3. The minimum atomic E-state index is -3.52. The molecular weight excluding hydrogens is 442 g/mol. The number of sulfonamides is 1. The summed E-state index contributed by atoms with van der Waals surface area (Å²) < 4.78 is 32.7. The Morgan fingerprint density at radius 2 is 1.76 bits per heavy atom. The molecule has 8 nitrogen and oxygen atoms in total. The summed E-state index contributed by atoms with van der Waals surface area (Å²) in [7, 11) is -3.52. The van der Waals surface area contributed by atoms with Gasteiger partial charge in [0, 0.05) is 31.7 Å². The number of amides is 2. The van der Waals surface area contributed by atoms with Gasteiger partial charge in [-0.05, 0) is 56.2 Å². The van der Waals surface area contributed by atoms with E-state index >= 15 is 0 Å². The summed E-state index contributed by atoms with van der Waals surface area (Å²) in [5.74, 6) is -0.305. The molecule has 0 bridgehead atoms. The van der Waals surface area contributed by atoms with E-state index in [1.807, 2.05) is 25.1 Å². The van der Waals surface area contributed by atoms with E-state index in [4.69, 9.17) is 4.74 Å². The number of nitrogens with one attached hydrogen (secondary N) is 1. The highest BCUT2D eigenvalue weighted by atomic mass is 32.2. The van der Waals surface area contributed by atoms with E-state index in [-0.39, 0.29) is 29.7 Å². The van der Waals surface area contributed by atoms with Crippen LogP contribution in [0.5, 0.6) is 5.75 Å². The number of piperidine rings is 1. The van der Waals surface area contributed by atoms with Crippen molar-refractivity contribution in [1.82, 2.24) is 4.31 Å². The average Bonchev–Trinajstić information content (AvgIpc) is 3.22. The molecule has 9 heteroatoms. The SMILES string of the molecule is CCOc1ccccc1N1C[C@H](C(=O)Nc2ccc(S(=O)(=O)N3CCCCC3)cc2)CC1=O. The molecule has 176 valence electrons. The topological polar surface area (TPSA) is 96.0 Å². The Balaban J connectivity index is 1.41. The number of benzene rings is 2. The van der Waals surface area contributed by atoms with E-state index in [1.165, 1.54) is 16.4 Å². The monoisotopic (exact) mass is 471 g/mol. The fraction of sp³-hybridized carbons (Fsp3) is 0.417. The van der Waals surface area contributed by atoms with Gasteiger partial charge in [-0.3, -0.25) is 9.59 Å². The summed E-state index contributed by atoms with van der Waals surface area (Å²) >= 11 is 0. The molecule has 1 N–H and O–H groups in total. The summed E-state index contributed by atoms with van der Waals surface area (Å²) in [6.07, 6.45) is 2.90. The molecule has 2 amide bonds. The number of para-hydroxylation sites is 2. The van der Waals surface area contributed by atoms with Gasteiger partial charge in [0.05, 0.1) is 23.1 Å². The van der Waals surface area contributed by atoms with E-state index in [2.05, 4.69) is 5.32 Å². The summed E-state index contributed by atoms with van der Waals surface area (Å²) in [5, 5.41) is 2.82. The second kappa shape index (κ2) is 9.93. The van der Waals surface area contributed by atoms with Gasteiger partial charge in [-0.15, -0.1) is 0 Å². The lowest BCUT2D eigenvalue weighted by Crippen LogP contribution is -2.35. The van der Waals surface area contributed by atoms with Gasteiger partial charge in [-0.2, -0.15) is 4.31 Å². The van der Waals surface area contributed by atoms with Crippen LogP contribution < -0.4 is 15.0 Å². The molecule has 4 rings (SSSR count). The van der Waals surface area contributed by atoms with Crippen LogP contribution in [-0.4, -0.2) is 50.8 Å². The van der Waals surface area contributed by atoms with Crippen molar-refractivity contribution >= 4 is 33.2 Å². The second-order valence-corrected chi connectivity index (χ2v) is 10.2. The number of rotatable bonds is 7. The molecule has 2 aromatic rings. The molecular formula is C24H29N3O5S. The Hall–Kier alpha value is -2.91. The standard InChI is InChI=1S/C24H29N3O5S/c1-2-32-22-9-5-4-8-21(22)27-17-18(16-23(27)28)24(29)25-19-10-12-20(13-11-19)33(30,31)26-14-6-3-7-15-26/h4-5,8-13,18H,2-3,6-7,14-17H2,1H3,(H,25,29)/t18-/m1/s1. The molecule has 0 radical (unpaired) electrons. The van der Waals surface area contributed by atoms with Crippen LogP contribution in [0.15, 0.2) is 53.4 Å². The molecule has 2 aromatic carbocycles. The number of carbonyl (C=O) groups is 2. The lowest BCUT2D eigenvalue weighted by Gasteiger charge is -2.25. The first kappa shape index (κ1) is 23.3. The Morgan fingerprint density at radius 3 is 2.45 bits per heavy atom. The zero-order chi connectivity index (χ0) is 23.4. The molecule has 1 atom stereocenters. The van der Waals surface area contributed by atoms with Gasteiger partial charge < -0.3 is 15.0 Å². The van der Waals surface area contributed by atoms with E-state index in [0.29, 0.717) is 36.8 Å². The van der Waals surface area contributed by atoms with Gasteiger partial charge in [0.15, 0.2) is 0 Å². The first-order valence-corrected chi connectivity index (χ1v) is 12.8. The number of anilines is 2. The predicted molar refractivity (Wildman–Crippen MR) is 126 cm³/mol. The van der Waals surface area contributed by atoms with Crippen LogP contribution in [-0.2, 0) is 19.6 Å². The van der Waals surface area contributed by atoms with Crippen molar-refractivity contribution in [3.8, 4) is 5.75 Å². The van der Waals surface area contributed by atoms with Crippen LogP contribution in [0.1, 0.15) is 32.6 Å². The van der Waals surface area contributed by atoms with Crippen molar-refractivity contribution in [3.63, 3.8) is 0 Å². The third kappa shape index (κ3) is 5.04. The summed E-state index contributed by atoms with van der Waals surface area (Å²) in [6, 6.07) is 13.5. The molecule has 0 spiro atoms. The molecule has 0 aliphatic carbocycles. The lowest BCUT2D eigenvalue weighted by molar-refractivity contribution is -0.122. The average molecular weight is 472 g/mol. The fourth-order valence-corrected chi connectivity index (χ4v) is 5.80. The Kier molecular flexibility index (Phi) is 6.99. The van der Waals surface area contributed by atoms with Gasteiger partial charge in [-0.1, -0.05) is 18.6 Å². The molecule has 0 saturated carbocycles. The maximum atomic E-state index is 12.8. The molecule has 33 heavy (non-hydrogen) atoms. The zero-order valence-corrected chi connectivity index (χ0v) is 19.5. The normalized spacial score (nSPS) is 19.5. The van der Waals surface area contributed by atoms with E-state index < -0.39 is 15.9 Å². The molecule has 2 saturated heterocycles. The van der Waals surface area contributed by atoms with Crippen molar-refractivity contribution in [3.05, 3.63) is 48.5 Å². The van der Waals surface area contributed by atoms with Crippen LogP contribution in [0.3, 0.4) is 0 Å². The minimum Gasteiger partial charge on any atom is -0.492 e. The van der Waals surface area contributed by atoms with Crippen molar-refractivity contribution in [2.24, 2.45) is 5.92 Å².